The van der Waals surface area contributed by atoms with Gasteiger partial charge in [0.15, 0.2) is 0 Å². The maximum absolute atomic E-state index is 9.50. The normalized spacial score (nSPS) is 18.1. The zero-order valence-corrected chi connectivity index (χ0v) is 12.8. The summed E-state index contributed by atoms with van der Waals surface area (Å²) in [6.07, 6.45) is 1.65. The average molecular weight is 285 g/mol. The number of nitrogens with zero attached hydrogens (tertiary/aromatic N) is 3. The highest BCUT2D eigenvalue weighted by Crippen LogP contribution is 2.27. The van der Waals surface area contributed by atoms with E-state index in [1.165, 1.54) is 16.6 Å². The number of piperazine rings is 1. The maximum Gasteiger partial charge on any atom is 0.0722 e. The quantitative estimate of drug-likeness (QED) is 0.937. The Bertz CT molecular complexity index is 618. The van der Waals surface area contributed by atoms with Crippen LogP contribution in [0.5, 0.6) is 0 Å². The zero-order valence-electron chi connectivity index (χ0n) is 12.8. The molecule has 0 spiro atoms. The first kappa shape index (κ1) is 14.3. The lowest BCUT2D eigenvalue weighted by atomic mass is 10.1. The van der Waals surface area contributed by atoms with Crippen molar-refractivity contribution in [3.8, 4) is 0 Å². The van der Waals surface area contributed by atoms with Crippen LogP contribution in [0.2, 0.25) is 0 Å². The second-order valence-electron chi connectivity index (χ2n) is 5.99. The number of β-amino-alcohol motifs (C(OH)–C–C–N with tert-alkyl or cyclic N) is 1. The second kappa shape index (κ2) is 6.00. The summed E-state index contributed by atoms with van der Waals surface area (Å²) in [7, 11) is 0. The standard InChI is InChI=1S/C17H23N3O/c1-13-3-4-16-15(11-13)17(5-6-18-16)20-9-7-19(8-10-20)12-14(2)21/h3-6,11,14,21H,7-10,12H2,1-2H3/t14-/m1/s1. The maximum atomic E-state index is 9.50. The van der Waals surface area contributed by atoms with Crippen molar-refractivity contribution < 1.29 is 5.11 Å². The van der Waals surface area contributed by atoms with Gasteiger partial charge in [-0.05, 0) is 32.0 Å². The molecule has 4 nitrogen and oxygen atoms in total. The van der Waals surface area contributed by atoms with Crippen LogP contribution in [-0.2, 0) is 0 Å². The Balaban J connectivity index is 1.81. The van der Waals surface area contributed by atoms with Gasteiger partial charge in [-0.15, -0.1) is 0 Å². The van der Waals surface area contributed by atoms with Crippen molar-refractivity contribution >= 4 is 16.6 Å². The second-order valence-corrected chi connectivity index (χ2v) is 5.99. The van der Waals surface area contributed by atoms with Gasteiger partial charge in [0.25, 0.3) is 0 Å². The van der Waals surface area contributed by atoms with Crippen LogP contribution >= 0.6 is 0 Å². The molecular weight excluding hydrogens is 262 g/mol. The van der Waals surface area contributed by atoms with Crippen molar-refractivity contribution in [2.75, 3.05) is 37.6 Å². The highest BCUT2D eigenvalue weighted by Gasteiger charge is 2.19. The molecule has 112 valence electrons. The minimum atomic E-state index is -0.249. The van der Waals surface area contributed by atoms with E-state index in [0.29, 0.717) is 0 Å². The van der Waals surface area contributed by atoms with Crippen LogP contribution in [0.3, 0.4) is 0 Å². The van der Waals surface area contributed by atoms with Crippen LogP contribution in [-0.4, -0.2) is 53.8 Å². The van der Waals surface area contributed by atoms with E-state index in [9.17, 15) is 5.11 Å². The fourth-order valence-corrected chi connectivity index (χ4v) is 3.07. The predicted molar refractivity (Wildman–Crippen MR) is 86.8 cm³/mol. The van der Waals surface area contributed by atoms with Crippen LogP contribution < -0.4 is 4.90 Å². The Morgan fingerprint density at radius 1 is 1.19 bits per heavy atom. The molecule has 0 bridgehead atoms. The molecule has 2 heterocycles. The molecule has 0 unspecified atom stereocenters. The number of benzene rings is 1. The molecule has 1 N–H and O–H groups in total. The minimum absolute atomic E-state index is 0.249. The van der Waals surface area contributed by atoms with Gasteiger partial charge >= 0.3 is 0 Å². The molecule has 2 aromatic rings. The summed E-state index contributed by atoms with van der Waals surface area (Å²) >= 11 is 0. The van der Waals surface area contributed by atoms with Gasteiger partial charge in [0, 0.05) is 50.0 Å². The lowest BCUT2D eigenvalue weighted by Crippen LogP contribution is -2.48. The molecule has 1 aromatic heterocycles. The predicted octanol–water partition coefficient (Wildman–Crippen LogP) is 2.05. The molecular formula is C17H23N3O. The number of aromatic nitrogens is 1. The fraction of sp³-hybridized carbons (Fsp3) is 0.471. The van der Waals surface area contributed by atoms with E-state index in [-0.39, 0.29) is 6.10 Å². The number of aliphatic hydroxyl groups excluding tert-OH is 1. The van der Waals surface area contributed by atoms with E-state index < -0.39 is 0 Å². The van der Waals surface area contributed by atoms with E-state index in [1.807, 2.05) is 13.1 Å². The SMILES string of the molecule is Cc1ccc2nccc(N3CCN(C[C@@H](C)O)CC3)c2c1. The minimum Gasteiger partial charge on any atom is -0.392 e. The van der Waals surface area contributed by atoms with Gasteiger partial charge in [-0.2, -0.15) is 0 Å². The van der Waals surface area contributed by atoms with Gasteiger partial charge in [0.1, 0.15) is 0 Å². The van der Waals surface area contributed by atoms with Crippen LogP contribution in [0.15, 0.2) is 30.5 Å². The highest BCUT2D eigenvalue weighted by molar-refractivity contribution is 5.92. The number of anilines is 1. The molecule has 1 fully saturated rings. The summed E-state index contributed by atoms with van der Waals surface area (Å²) in [5.41, 5.74) is 3.61. The molecule has 1 saturated heterocycles. The first-order valence-corrected chi connectivity index (χ1v) is 7.64. The fourth-order valence-electron chi connectivity index (χ4n) is 3.07. The summed E-state index contributed by atoms with van der Waals surface area (Å²) in [4.78, 5) is 9.22. The molecule has 1 aromatic carbocycles. The van der Waals surface area contributed by atoms with Gasteiger partial charge in [-0.3, -0.25) is 9.88 Å². The van der Waals surface area contributed by atoms with E-state index in [0.717, 1.165) is 38.2 Å². The number of hydrogen-bond acceptors (Lipinski definition) is 4. The number of pyridine rings is 1. The van der Waals surface area contributed by atoms with E-state index >= 15 is 0 Å². The number of hydrogen-bond donors (Lipinski definition) is 1. The Morgan fingerprint density at radius 3 is 2.67 bits per heavy atom. The summed E-state index contributed by atoms with van der Waals surface area (Å²) in [5, 5.41) is 10.7. The van der Waals surface area contributed by atoms with Crippen LogP contribution in [0.25, 0.3) is 10.9 Å². The first-order chi connectivity index (χ1) is 10.1. The largest absolute Gasteiger partial charge is 0.392 e. The third kappa shape index (κ3) is 3.17. The Morgan fingerprint density at radius 2 is 1.95 bits per heavy atom. The van der Waals surface area contributed by atoms with Crippen molar-refractivity contribution in [3.63, 3.8) is 0 Å². The Kier molecular flexibility index (Phi) is 4.08. The number of rotatable bonds is 3. The molecule has 1 aliphatic rings. The van der Waals surface area contributed by atoms with E-state index in [1.54, 1.807) is 0 Å². The molecule has 1 atom stereocenters. The summed E-state index contributed by atoms with van der Waals surface area (Å²) in [6, 6.07) is 8.55. The van der Waals surface area contributed by atoms with Gasteiger partial charge in [0.2, 0.25) is 0 Å². The zero-order chi connectivity index (χ0) is 14.8. The van der Waals surface area contributed by atoms with Crippen molar-refractivity contribution in [1.29, 1.82) is 0 Å². The monoisotopic (exact) mass is 285 g/mol. The summed E-state index contributed by atoms with van der Waals surface area (Å²) in [5.74, 6) is 0. The molecule has 3 rings (SSSR count). The number of aliphatic hydroxyl groups is 1. The number of aryl methyl sites for hydroxylation is 1. The first-order valence-electron chi connectivity index (χ1n) is 7.64. The molecule has 0 amide bonds. The Hall–Kier alpha value is -1.65. The smallest absolute Gasteiger partial charge is 0.0722 e. The summed E-state index contributed by atoms with van der Waals surface area (Å²) in [6.45, 7) is 8.74. The van der Waals surface area contributed by atoms with Crippen LogP contribution in [0.4, 0.5) is 5.69 Å². The van der Waals surface area contributed by atoms with Crippen molar-refractivity contribution in [3.05, 3.63) is 36.0 Å². The summed E-state index contributed by atoms with van der Waals surface area (Å²) < 4.78 is 0. The lowest BCUT2D eigenvalue weighted by Gasteiger charge is -2.37. The molecule has 0 radical (unpaired) electrons. The molecule has 1 aliphatic heterocycles. The van der Waals surface area contributed by atoms with Gasteiger partial charge in [-0.25, -0.2) is 0 Å². The Labute approximate surface area is 126 Å². The van der Waals surface area contributed by atoms with Crippen molar-refractivity contribution in [1.82, 2.24) is 9.88 Å². The molecule has 0 aliphatic carbocycles. The van der Waals surface area contributed by atoms with Gasteiger partial charge < -0.3 is 10.0 Å². The van der Waals surface area contributed by atoms with E-state index in [2.05, 4.69) is 46.0 Å². The van der Waals surface area contributed by atoms with Crippen LogP contribution in [0.1, 0.15) is 12.5 Å². The van der Waals surface area contributed by atoms with Crippen LogP contribution in [0, 0.1) is 6.92 Å². The lowest BCUT2D eigenvalue weighted by molar-refractivity contribution is 0.123. The van der Waals surface area contributed by atoms with Crippen molar-refractivity contribution in [2.24, 2.45) is 0 Å². The van der Waals surface area contributed by atoms with Crippen molar-refractivity contribution in [2.45, 2.75) is 20.0 Å². The molecule has 21 heavy (non-hydrogen) atoms. The molecule has 0 saturated carbocycles. The third-order valence-electron chi connectivity index (χ3n) is 4.11. The number of fused-ring (bicyclic) bond motifs is 1. The third-order valence-corrected chi connectivity index (χ3v) is 4.11. The van der Waals surface area contributed by atoms with Gasteiger partial charge in [-0.1, -0.05) is 11.6 Å². The van der Waals surface area contributed by atoms with Gasteiger partial charge in [0.05, 0.1) is 11.6 Å². The molecule has 4 heteroatoms. The average Bonchev–Trinajstić information content (AvgIpc) is 2.47. The van der Waals surface area contributed by atoms with E-state index in [4.69, 9.17) is 0 Å². The topological polar surface area (TPSA) is 39.6 Å². The highest BCUT2D eigenvalue weighted by atomic mass is 16.3.